The summed E-state index contributed by atoms with van der Waals surface area (Å²) in [7, 11) is 1.13. The number of benzene rings is 2. The van der Waals surface area contributed by atoms with Crippen molar-refractivity contribution in [3.05, 3.63) is 89.0 Å². The van der Waals surface area contributed by atoms with Crippen molar-refractivity contribution < 1.29 is 56.6 Å². The van der Waals surface area contributed by atoms with Crippen molar-refractivity contribution in [2.24, 2.45) is 0 Å². The third-order valence-electron chi connectivity index (χ3n) is 8.70. The Morgan fingerprint density at radius 3 is 1.94 bits per heavy atom. The van der Waals surface area contributed by atoms with E-state index in [1.54, 1.807) is 54.6 Å². The van der Waals surface area contributed by atoms with E-state index in [4.69, 9.17) is 4.74 Å². The molecule has 54 heavy (non-hydrogen) atoms. The summed E-state index contributed by atoms with van der Waals surface area (Å²) >= 11 is 0. The highest BCUT2D eigenvalue weighted by Crippen LogP contribution is 2.34. The predicted molar refractivity (Wildman–Crippen MR) is 186 cm³/mol. The molecule has 0 radical (unpaired) electrons. The van der Waals surface area contributed by atoms with Crippen LogP contribution in [0, 0.1) is 0 Å². The van der Waals surface area contributed by atoms with Crippen LogP contribution in [-0.2, 0) is 51.1 Å². The number of carboxylic acid groups (broad SMARTS) is 1. The highest BCUT2D eigenvalue weighted by atomic mass is 19.4. The number of fused-ring (bicyclic) bond motifs is 18. The molecule has 14 nitrogen and oxygen atoms in total. The van der Waals surface area contributed by atoms with Gasteiger partial charge in [-0.05, 0) is 42.5 Å². The minimum absolute atomic E-state index is 0.0515. The smallest absolute Gasteiger partial charge is 0.412 e. The molecular formula is C37H40F3N5O9. The van der Waals surface area contributed by atoms with Gasteiger partial charge in [-0.3, -0.25) is 28.8 Å². The van der Waals surface area contributed by atoms with Gasteiger partial charge in [-0.1, -0.05) is 60.2 Å². The first-order valence-corrected chi connectivity index (χ1v) is 17.0. The lowest BCUT2D eigenvalue weighted by molar-refractivity contribution is -0.145. The summed E-state index contributed by atoms with van der Waals surface area (Å²) in [5, 5.41) is 22.0. The fourth-order valence-electron chi connectivity index (χ4n) is 5.83. The maximum Gasteiger partial charge on any atom is 0.412 e. The van der Waals surface area contributed by atoms with Crippen LogP contribution in [0.1, 0.15) is 49.7 Å². The van der Waals surface area contributed by atoms with Crippen LogP contribution in [0.4, 0.5) is 18.9 Å². The van der Waals surface area contributed by atoms with Crippen LogP contribution in [-0.4, -0.2) is 84.0 Å². The zero-order chi connectivity index (χ0) is 39.4. The Labute approximate surface area is 308 Å². The number of halogens is 3. The number of allylic oxidation sites excluding steroid dienone is 3. The Bertz CT molecular complexity index is 1800. The van der Waals surface area contributed by atoms with Crippen molar-refractivity contribution in [1.82, 2.24) is 21.3 Å². The minimum Gasteiger partial charge on any atom is -0.481 e. The van der Waals surface area contributed by atoms with Gasteiger partial charge < -0.3 is 36.4 Å². The second-order valence-electron chi connectivity index (χ2n) is 12.8. The van der Waals surface area contributed by atoms with Gasteiger partial charge in [-0.25, -0.2) is 4.79 Å². The summed E-state index contributed by atoms with van der Waals surface area (Å²) in [6, 6.07) is 8.88. The number of hydrogen-bond donors (Lipinski definition) is 6. The maximum atomic E-state index is 14.0. The Morgan fingerprint density at radius 2 is 1.35 bits per heavy atom. The zero-order valence-corrected chi connectivity index (χ0v) is 29.2. The number of carbonyl (C=O) groups is 7. The molecule has 4 atom stereocenters. The van der Waals surface area contributed by atoms with Gasteiger partial charge in [0.25, 0.3) is 0 Å². The summed E-state index contributed by atoms with van der Waals surface area (Å²) in [6.45, 7) is 0. The second kappa shape index (κ2) is 18.7. The molecule has 0 spiro atoms. The van der Waals surface area contributed by atoms with Crippen LogP contribution in [0.25, 0.3) is 0 Å². The Balaban J connectivity index is 1.73. The number of amides is 5. The summed E-state index contributed by atoms with van der Waals surface area (Å²) in [6.07, 6.45) is -5.25. The van der Waals surface area contributed by atoms with Crippen LogP contribution in [0.3, 0.4) is 0 Å². The molecule has 17 heteroatoms. The number of nitrogens with one attached hydrogen (secondary N) is 5. The topological polar surface area (TPSA) is 209 Å². The number of alkyl halides is 3. The van der Waals surface area contributed by atoms with Crippen molar-refractivity contribution in [3.8, 4) is 0 Å². The van der Waals surface area contributed by atoms with Gasteiger partial charge in [0, 0.05) is 36.9 Å². The fraction of sp³-hybridized carbons (Fsp3) is 0.378. The largest absolute Gasteiger partial charge is 0.481 e. The SMILES string of the molecule is COC(=O)[C@@H]1Cc2ccc(cc2)NC(=O)CCC(=O)N[C@H](CC(=O)O)C(=O)N[C@@H](CC2=CC=C(C(F)(F)F)CC2)C(=O)N[C@H](Cc2ccccc2)C(=O)N1. The molecule has 0 saturated heterocycles. The van der Waals surface area contributed by atoms with Crippen molar-refractivity contribution in [2.45, 2.75) is 81.7 Å². The van der Waals surface area contributed by atoms with Crippen LogP contribution in [0.15, 0.2) is 77.9 Å². The molecule has 5 rings (SSSR count). The number of hydrogen-bond acceptors (Lipinski definition) is 8. The van der Waals surface area contributed by atoms with E-state index >= 15 is 0 Å². The highest BCUT2D eigenvalue weighted by Gasteiger charge is 2.36. The molecule has 2 heterocycles. The molecular weight excluding hydrogens is 715 g/mol. The Kier molecular flexibility index (Phi) is 14.1. The molecule has 0 aromatic heterocycles. The summed E-state index contributed by atoms with van der Waals surface area (Å²) < 4.78 is 44.9. The normalized spacial score (nSPS) is 22.2. The first-order chi connectivity index (χ1) is 25.6. The van der Waals surface area contributed by atoms with Crippen molar-refractivity contribution in [3.63, 3.8) is 0 Å². The molecule has 1 aliphatic carbocycles. The molecule has 2 aromatic rings. The number of rotatable bonds is 7. The third kappa shape index (κ3) is 12.3. The number of carbonyl (C=O) groups excluding carboxylic acids is 6. The Morgan fingerprint density at radius 1 is 0.741 bits per heavy atom. The van der Waals surface area contributed by atoms with Crippen LogP contribution in [0.2, 0.25) is 0 Å². The van der Waals surface area contributed by atoms with Gasteiger partial charge in [-0.2, -0.15) is 13.2 Å². The monoisotopic (exact) mass is 755 g/mol. The Hall–Kier alpha value is -6.00. The fourth-order valence-corrected chi connectivity index (χ4v) is 5.83. The number of ether oxygens (including phenoxy) is 1. The summed E-state index contributed by atoms with van der Waals surface area (Å²) in [5.41, 5.74) is 1.06. The standard InChI is InChI=1S/C37H40F3N5O9/c1-54-36(53)29-19-23-9-13-25(14-10-23)41-30(46)15-16-31(47)42-28(20-32(48)49)35(52)44-27(18-22-7-11-24(12-8-22)37(38,39)40)33(50)43-26(34(51)45-29)17-21-5-3-2-4-6-21/h2-7,9-11,13-14,26-29H,8,12,15-20H2,1H3,(H,41,46)(H,42,47)(H,43,50)(H,44,52)(H,45,51)(H,48,49)/t26-,27+,28-,29+/m1/s1. The number of aliphatic carboxylic acids is 1. The van der Waals surface area contributed by atoms with Crippen molar-refractivity contribution >= 4 is 47.2 Å². The highest BCUT2D eigenvalue weighted by molar-refractivity contribution is 5.97. The average molecular weight is 756 g/mol. The average Bonchev–Trinajstić information content (AvgIpc) is 3.13. The van der Waals surface area contributed by atoms with Gasteiger partial charge >= 0.3 is 18.1 Å². The van der Waals surface area contributed by atoms with Crippen molar-refractivity contribution in [2.75, 3.05) is 12.4 Å². The van der Waals surface area contributed by atoms with E-state index in [1.807, 2.05) is 0 Å². The molecule has 5 amide bonds. The number of methoxy groups -OCH3 is 1. The lowest BCUT2D eigenvalue weighted by Crippen LogP contribution is -2.58. The van der Waals surface area contributed by atoms with E-state index in [9.17, 15) is 51.8 Å². The molecule has 6 N–H and O–H groups in total. The van der Waals surface area contributed by atoms with Crippen molar-refractivity contribution in [1.29, 1.82) is 0 Å². The van der Waals surface area contributed by atoms with Crippen LogP contribution < -0.4 is 26.6 Å². The first-order valence-electron chi connectivity index (χ1n) is 17.0. The molecule has 0 fully saturated rings. The van der Waals surface area contributed by atoms with E-state index in [1.165, 1.54) is 6.08 Å². The molecule has 2 aromatic carbocycles. The zero-order valence-electron chi connectivity index (χ0n) is 29.2. The summed E-state index contributed by atoms with van der Waals surface area (Å²) in [5.74, 6) is -6.59. The second-order valence-corrected chi connectivity index (χ2v) is 12.8. The van der Waals surface area contributed by atoms with E-state index in [2.05, 4.69) is 26.6 Å². The predicted octanol–water partition coefficient (Wildman–Crippen LogP) is 2.39. The summed E-state index contributed by atoms with van der Waals surface area (Å²) in [4.78, 5) is 91.4. The van der Waals surface area contributed by atoms with Crippen LogP contribution in [0.5, 0.6) is 0 Å². The number of carboxylic acids is 1. The van der Waals surface area contributed by atoms with Gasteiger partial charge in [-0.15, -0.1) is 0 Å². The lowest BCUT2D eigenvalue weighted by Gasteiger charge is -2.27. The van der Waals surface area contributed by atoms with E-state index in [0.717, 1.165) is 13.2 Å². The minimum atomic E-state index is -4.57. The van der Waals surface area contributed by atoms with Gasteiger partial charge in [0.2, 0.25) is 29.5 Å². The molecule has 2 aliphatic heterocycles. The van der Waals surface area contributed by atoms with Gasteiger partial charge in [0.1, 0.15) is 24.2 Å². The first kappa shape index (κ1) is 40.8. The van der Waals surface area contributed by atoms with E-state index in [-0.39, 0.29) is 32.1 Å². The molecule has 3 aliphatic rings. The van der Waals surface area contributed by atoms with Gasteiger partial charge in [0.05, 0.1) is 13.5 Å². The molecule has 2 bridgehead atoms. The van der Waals surface area contributed by atoms with Crippen LogP contribution >= 0.6 is 0 Å². The molecule has 0 unspecified atom stereocenters. The maximum absolute atomic E-state index is 14.0. The lowest BCUT2D eigenvalue weighted by atomic mass is 9.92. The molecule has 288 valence electrons. The van der Waals surface area contributed by atoms with Gasteiger partial charge in [0.15, 0.2) is 0 Å². The van der Waals surface area contributed by atoms with E-state index < -0.39 is 96.7 Å². The van der Waals surface area contributed by atoms with E-state index in [0.29, 0.717) is 22.4 Å². The number of esters is 1. The quantitative estimate of drug-likeness (QED) is 0.181. The molecule has 0 saturated carbocycles. The third-order valence-corrected chi connectivity index (χ3v) is 8.70. The number of anilines is 1.